The monoisotopic (exact) mass is 403 g/mol. The van der Waals surface area contributed by atoms with Crippen LogP contribution in [0.15, 0.2) is 46.9 Å². The van der Waals surface area contributed by atoms with E-state index in [-0.39, 0.29) is 23.2 Å². The van der Waals surface area contributed by atoms with Gasteiger partial charge in [-0.15, -0.1) is 0 Å². The molecule has 0 unspecified atom stereocenters. The van der Waals surface area contributed by atoms with Crippen LogP contribution in [0.3, 0.4) is 0 Å². The molecule has 0 bridgehead atoms. The minimum Gasteiger partial charge on any atom is -0.377 e. The molecule has 0 saturated heterocycles. The number of nitro benzene ring substituents is 1. The number of nitrogens with one attached hydrogen (secondary N) is 2. The predicted molar refractivity (Wildman–Crippen MR) is 99.8 cm³/mol. The predicted octanol–water partition coefficient (Wildman–Crippen LogP) is 4.42. The number of halogens is 1. The van der Waals surface area contributed by atoms with E-state index in [1.165, 1.54) is 6.07 Å². The van der Waals surface area contributed by atoms with Crippen molar-refractivity contribution in [3.8, 4) is 0 Å². The van der Waals surface area contributed by atoms with Gasteiger partial charge in [0, 0.05) is 22.1 Å². The molecule has 0 spiro atoms. The summed E-state index contributed by atoms with van der Waals surface area (Å²) >= 11 is 3.37. The van der Waals surface area contributed by atoms with Crippen molar-refractivity contribution < 1.29 is 9.72 Å². The Morgan fingerprint density at radius 1 is 1.24 bits per heavy atom. The van der Waals surface area contributed by atoms with Crippen molar-refractivity contribution in [3.63, 3.8) is 0 Å². The summed E-state index contributed by atoms with van der Waals surface area (Å²) in [6, 6.07) is 12.3. The molecule has 0 radical (unpaired) electrons. The molecule has 130 valence electrons. The number of amides is 1. The Morgan fingerprint density at radius 3 is 2.52 bits per heavy atom. The van der Waals surface area contributed by atoms with Gasteiger partial charge in [0.25, 0.3) is 11.6 Å². The first kappa shape index (κ1) is 17.4. The second kappa shape index (κ2) is 7.23. The molecule has 0 aliphatic heterocycles. The lowest BCUT2D eigenvalue weighted by atomic mass is 10.1. The molecule has 1 aliphatic carbocycles. The first-order valence-corrected chi connectivity index (χ1v) is 8.84. The highest BCUT2D eigenvalue weighted by molar-refractivity contribution is 9.10. The standard InChI is InChI=1S/C18H18BrN3O3/c1-11(12-2-5-14(19)6-3-12)20-18(23)13-4-9-16(21-15-7-8-15)17(10-13)22(24)25/h2-6,9-11,15,21H,7-8H2,1H3,(H,20,23)/t11-/m0/s1. The first-order valence-electron chi connectivity index (χ1n) is 8.05. The Hall–Kier alpha value is -2.41. The van der Waals surface area contributed by atoms with Crippen LogP contribution in [-0.2, 0) is 0 Å². The summed E-state index contributed by atoms with van der Waals surface area (Å²) in [5.41, 5.74) is 1.62. The lowest BCUT2D eigenvalue weighted by Crippen LogP contribution is -2.26. The van der Waals surface area contributed by atoms with E-state index in [2.05, 4.69) is 26.6 Å². The highest BCUT2D eigenvalue weighted by atomic mass is 79.9. The van der Waals surface area contributed by atoms with Crippen LogP contribution < -0.4 is 10.6 Å². The number of nitro groups is 1. The zero-order chi connectivity index (χ0) is 18.0. The molecule has 0 heterocycles. The number of benzene rings is 2. The smallest absolute Gasteiger partial charge is 0.293 e. The Morgan fingerprint density at radius 2 is 1.92 bits per heavy atom. The molecule has 2 aromatic carbocycles. The molecule has 6 nitrogen and oxygen atoms in total. The van der Waals surface area contributed by atoms with Gasteiger partial charge < -0.3 is 10.6 Å². The maximum atomic E-state index is 12.5. The number of hydrogen-bond acceptors (Lipinski definition) is 4. The minimum atomic E-state index is -0.459. The molecule has 2 aromatic rings. The lowest BCUT2D eigenvalue weighted by molar-refractivity contribution is -0.384. The summed E-state index contributed by atoms with van der Waals surface area (Å²) in [7, 11) is 0. The van der Waals surface area contributed by atoms with Crippen molar-refractivity contribution in [2.45, 2.75) is 31.8 Å². The summed E-state index contributed by atoms with van der Waals surface area (Å²) in [6.45, 7) is 1.87. The molecule has 1 saturated carbocycles. The summed E-state index contributed by atoms with van der Waals surface area (Å²) in [5, 5.41) is 17.3. The minimum absolute atomic E-state index is 0.0733. The quantitative estimate of drug-likeness (QED) is 0.551. The molecule has 3 rings (SSSR count). The average Bonchev–Trinajstić information content (AvgIpc) is 3.39. The van der Waals surface area contributed by atoms with E-state index in [0.29, 0.717) is 11.7 Å². The molecule has 2 N–H and O–H groups in total. The summed E-state index contributed by atoms with van der Waals surface area (Å²) in [5.74, 6) is -0.337. The van der Waals surface area contributed by atoms with Gasteiger partial charge in [-0.05, 0) is 49.6 Å². The fourth-order valence-electron chi connectivity index (χ4n) is 2.51. The van der Waals surface area contributed by atoms with Crippen LogP contribution in [0.5, 0.6) is 0 Å². The van der Waals surface area contributed by atoms with Gasteiger partial charge in [-0.3, -0.25) is 14.9 Å². The van der Waals surface area contributed by atoms with Crippen LogP contribution >= 0.6 is 15.9 Å². The molecular weight excluding hydrogens is 386 g/mol. The molecule has 1 atom stereocenters. The third-order valence-corrected chi connectivity index (χ3v) is 4.64. The SMILES string of the molecule is C[C@H](NC(=O)c1ccc(NC2CC2)c([N+](=O)[O-])c1)c1ccc(Br)cc1. The van der Waals surface area contributed by atoms with Gasteiger partial charge in [0.05, 0.1) is 11.0 Å². The topological polar surface area (TPSA) is 84.3 Å². The number of carbonyl (C=O) groups is 1. The molecule has 0 aromatic heterocycles. The van der Waals surface area contributed by atoms with E-state index in [4.69, 9.17) is 0 Å². The van der Waals surface area contributed by atoms with E-state index in [9.17, 15) is 14.9 Å². The number of rotatable bonds is 6. The van der Waals surface area contributed by atoms with Gasteiger partial charge in [0.1, 0.15) is 5.69 Å². The van der Waals surface area contributed by atoms with Gasteiger partial charge in [0.2, 0.25) is 0 Å². The molecule has 7 heteroatoms. The van der Waals surface area contributed by atoms with Crippen LogP contribution in [0.1, 0.15) is 41.7 Å². The highest BCUT2D eigenvalue weighted by Gasteiger charge is 2.25. The Labute approximate surface area is 153 Å². The molecule has 25 heavy (non-hydrogen) atoms. The van der Waals surface area contributed by atoms with Crippen molar-refractivity contribution in [2.24, 2.45) is 0 Å². The number of carbonyl (C=O) groups excluding carboxylic acids is 1. The van der Waals surface area contributed by atoms with E-state index >= 15 is 0 Å². The van der Waals surface area contributed by atoms with Crippen molar-refractivity contribution >= 4 is 33.2 Å². The van der Waals surface area contributed by atoms with Gasteiger partial charge in [-0.25, -0.2) is 0 Å². The van der Waals surface area contributed by atoms with Crippen LogP contribution in [0, 0.1) is 10.1 Å². The Bertz CT molecular complexity index is 804. The van der Waals surface area contributed by atoms with Crippen LogP contribution in [0.4, 0.5) is 11.4 Å². The fraction of sp³-hybridized carbons (Fsp3) is 0.278. The van der Waals surface area contributed by atoms with E-state index in [1.807, 2.05) is 31.2 Å². The number of anilines is 1. The van der Waals surface area contributed by atoms with Crippen molar-refractivity contribution in [1.82, 2.24) is 5.32 Å². The number of nitrogens with zero attached hydrogens (tertiary/aromatic N) is 1. The van der Waals surface area contributed by atoms with Crippen molar-refractivity contribution in [1.29, 1.82) is 0 Å². The first-order chi connectivity index (χ1) is 11.9. The van der Waals surface area contributed by atoms with Gasteiger partial charge in [-0.1, -0.05) is 28.1 Å². The Balaban J connectivity index is 1.75. The fourth-order valence-corrected chi connectivity index (χ4v) is 2.77. The zero-order valence-electron chi connectivity index (χ0n) is 13.7. The van der Waals surface area contributed by atoms with Crippen molar-refractivity contribution in [3.05, 3.63) is 68.2 Å². The van der Waals surface area contributed by atoms with Gasteiger partial charge in [-0.2, -0.15) is 0 Å². The van der Waals surface area contributed by atoms with Crippen LogP contribution in [-0.4, -0.2) is 16.9 Å². The maximum Gasteiger partial charge on any atom is 0.293 e. The second-order valence-corrected chi connectivity index (χ2v) is 7.07. The third kappa shape index (κ3) is 4.36. The summed E-state index contributed by atoms with van der Waals surface area (Å²) in [6.07, 6.45) is 2.04. The molecule has 1 amide bonds. The van der Waals surface area contributed by atoms with E-state index in [1.54, 1.807) is 12.1 Å². The van der Waals surface area contributed by atoms with Crippen LogP contribution in [0.25, 0.3) is 0 Å². The van der Waals surface area contributed by atoms with Gasteiger partial charge in [0.15, 0.2) is 0 Å². The van der Waals surface area contributed by atoms with Crippen molar-refractivity contribution in [2.75, 3.05) is 5.32 Å². The summed E-state index contributed by atoms with van der Waals surface area (Å²) < 4.78 is 0.962. The zero-order valence-corrected chi connectivity index (χ0v) is 15.2. The highest BCUT2D eigenvalue weighted by Crippen LogP contribution is 2.31. The molecular formula is C18H18BrN3O3. The van der Waals surface area contributed by atoms with Gasteiger partial charge >= 0.3 is 0 Å². The average molecular weight is 404 g/mol. The van der Waals surface area contributed by atoms with E-state index < -0.39 is 4.92 Å². The third-order valence-electron chi connectivity index (χ3n) is 4.11. The second-order valence-electron chi connectivity index (χ2n) is 6.15. The largest absolute Gasteiger partial charge is 0.377 e. The maximum absolute atomic E-state index is 12.5. The normalized spacial score (nSPS) is 14.6. The molecule has 1 fully saturated rings. The lowest BCUT2D eigenvalue weighted by Gasteiger charge is -2.15. The van der Waals surface area contributed by atoms with Crippen LogP contribution in [0.2, 0.25) is 0 Å². The Kier molecular flexibility index (Phi) is 5.03. The van der Waals surface area contributed by atoms with E-state index in [0.717, 1.165) is 22.9 Å². The summed E-state index contributed by atoms with van der Waals surface area (Å²) in [4.78, 5) is 23.3. The number of hydrogen-bond donors (Lipinski definition) is 2. The molecule has 1 aliphatic rings.